The fourth-order valence-corrected chi connectivity index (χ4v) is 5.69. The highest BCUT2D eigenvalue weighted by molar-refractivity contribution is 9.10. The third-order valence-electron chi connectivity index (χ3n) is 7.35. The van der Waals surface area contributed by atoms with Gasteiger partial charge in [-0.05, 0) is 108 Å². The summed E-state index contributed by atoms with van der Waals surface area (Å²) in [7, 11) is 1.92. The zero-order valence-corrected chi connectivity index (χ0v) is 23.3. The van der Waals surface area contributed by atoms with Crippen LogP contribution in [0.15, 0.2) is 33.5 Å². The van der Waals surface area contributed by atoms with Crippen LogP contribution in [0.4, 0.5) is 11.5 Å². The number of nitrogens with one attached hydrogen (secondary N) is 1. The Balaban J connectivity index is 1.38. The van der Waals surface area contributed by atoms with Gasteiger partial charge in [-0.15, -0.1) is 0 Å². The van der Waals surface area contributed by atoms with E-state index in [1.807, 2.05) is 49.3 Å². The fourth-order valence-electron chi connectivity index (χ4n) is 5.33. The Bertz CT molecular complexity index is 1370. The molecular formula is C28H35BrN4O3. The number of pyridine rings is 1. The number of ether oxygens (including phenoxy) is 1. The van der Waals surface area contributed by atoms with Gasteiger partial charge < -0.3 is 10.1 Å². The molecule has 0 radical (unpaired) electrons. The molecule has 2 saturated carbocycles. The Morgan fingerprint density at radius 1 is 1.11 bits per heavy atom. The van der Waals surface area contributed by atoms with Crippen LogP contribution in [0.3, 0.4) is 0 Å². The number of nitrogens with zero attached hydrogens (tertiary/aromatic N) is 3. The average Bonchev–Trinajstić information content (AvgIpc) is 3.62. The summed E-state index contributed by atoms with van der Waals surface area (Å²) in [6.07, 6.45) is 5.39. The maximum absolute atomic E-state index is 13.5. The molecular weight excluding hydrogens is 520 g/mol. The maximum atomic E-state index is 13.5. The summed E-state index contributed by atoms with van der Waals surface area (Å²) in [5.74, 6) is 1.03. The highest BCUT2D eigenvalue weighted by Gasteiger charge is 2.32. The summed E-state index contributed by atoms with van der Waals surface area (Å²) < 4.78 is 10.4. The van der Waals surface area contributed by atoms with E-state index in [-0.39, 0.29) is 23.5 Å². The fraction of sp³-hybridized carbons (Fsp3) is 0.536. The number of carbonyl (C=O) groups is 1. The van der Waals surface area contributed by atoms with E-state index in [0.29, 0.717) is 17.3 Å². The zero-order valence-electron chi connectivity index (χ0n) is 21.7. The highest BCUT2D eigenvalue weighted by atomic mass is 79.9. The lowest BCUT2D eigenvalue weighted by Crippen LogP contribution is -2.34. The lowest BCUT2D eigenvalue weighted by molar-refractivity contribution is -0.161. The van der Waals surface area contributed by atoms with Gasteiger partial charge in [0.15, 0.2) is 5.52 Å². The van der Waals surface area contributed by atoms with E-state index in [1.54, 1.807) is 0 Å². The second kappa shape index (κ2) is 9.36. The Kier molecular flexibility index (Phi) is 6.52. The molecule has 2 fully saturated rings. The molecule has 192 valence electrons. The Labute approximate surface area is 220 Å². The second-order valence-corrected chi connectivity index (χ2v) is 12.2. The molecule has 0 amide bonds. The molecule has 2 aromatic heterocycles. The molecule has 0 spiro atoms. The van der Waals surface area contributed by atoms with Crippen molar-refractivity contribution in [2.75, 3.05) is 5.32 Å². The van der Waals surface area contributed by atoms with Gasteiger partial charge in [0.2, 0.25) is 0 Å². The lowest BCUT2D eigenvalue weighted by Gasteiger charge is -2.30. The largest absolute Gasteiger partial charge is 0.460 e. The molecule has 5 rings (SSSR count). The van der Waals surface area contributed by atoms with Crippen LogP contribution in [0.2, 0.25) is 0 Å². The standard InChI is InChI=1S/C28H35BrN4O3/c1-16-14-22(20(15-21(16)29)17-6-7-17)30-24-13-12-23-25(31-24)26(34)33(32(23)5)19-10-8-18(9-11-19)27(35)36-28(2,3)4/h12-15,17-19H,6-11H2,1-5H3,(H,30,31)/t18-,19+. The summed E-state index contributed by atoms with van der Waals surface area (Å²) in [4.78, 5) is 30.8. The number of anilines is 2. The zero-order chi connectivity index (χ0) is 25.8. The normalized spacial score (nSPS) is 20.5. The van der Waals surface area contributed by atoms with E-state index in [0.717, 1.165) is 46.9 Å². The van der Waals surface area contributed by atoms with Crippen LogP contribution in [0, 0.1) is 12.8 Å². The molecule has 0 bridgehead atoms. The van der Waals surface area contributed by atoms with Crippen molar-refractivity contribution in [3.63, 3.8) is 0 Å². The molecule has 0 saturated heterocycles. The van der Waals surface area contributed by atoms with Crippen molar-refractivity contribution >= 4 is 44.4 Å². The van der Waals surface area contributed by atoms with Crippen molar-refractivity contribution in [3.05, 3.63) is 50.2 Å². The van der Waals surface area contributed by atoms with Gasteiger partial charge in [0.25, 0.3) is 5.56 Å². The van der Waals surface area contributed by atoms with E-state index in [1.165, 1.54) is 18.4 Å². The first-order chi connectivity index (χ1) is 17.0. The SMILES string of the molecule is Cc1cc(Nc2ccc3c(n2)c(=O)n([C@H]2CC[C@@H](C(=O)OC(C)(C)C)CC2)n3C)c(C2CC2)cc1Br. The van der Waals surface area contributed by atoms with E-state index >= 15 is 0 Å². The Morgan fingerprint density at radius 2 is 1.81 bits per heavy atom. The Morgan fingerprint density at radius 3 is 2.44 bits per heavy atom. The monoisotopic (exact) mass is 554 g/mol. The summed E-state index contributed by atoms with van der Waals surface area (Å²) in [5.41, 5.74) is 4.24. The predicted molar refractivity (Wildman–Crippen MR) is 146 cm³/mol. The van der Waals surface area contributed by atoms with Gasteiger partial charge in [0.05, 0.1) is 17.5 Å². The number of aromatic nitrogens is 3. The third-order valence-corrected chi connectivity index (χ3v) is 8.20. The molecule has 7 nitrogen and oxygen atoms in total. The van der Waals surface area contributed by atoms with E-state index in [9.17, 15) is 9.59 Å². The summed E-state index contributed by atoms with van der Waals surface area (Å²) >= 11 is 3.66. The summed E-state index contributed by atoms with van der Waals surface area (Å²) in [6, 6.07) is 8.31. The van der Waals surface area contributed by atoms with Gasteiger partial charge in [-0.1, -0.05) is 15.9 Å². The van der Waals surface area contributed by atoms with Gasteiger partial charge in [0, 0.05) is 17.2 Å². The maximum Gasteiger partial charge on any atom is 0.309 e. The number of benzene rings is 1. The van der Waals surface area contributed by atoms with Crippen LogP contribution in [-0.2, 0) is 16.6 Å². The van der Waals surface area contributed by atoms with Gasteiger partial charge in [0.1, 0.15) is 11.4 Å². The van der Waals surface area contributed by atoms with E-state index < -0.39 is 5.60 Å². The van der Waals surface area contributed by atoms with Crippen molar-refractivity contribution in [3.8, 4) is 0 Å². The van der Waals surface area contributed by atoms with Crippen LogP contribution in [0.5, 0.6) is 0 Å². The molecule has 1 aromatic carbocycles. The molecule has 8 heteroatoms. The molecule has 0 aliphatic heterocycles. The first kappa shape index (κ1) is 25.1. The molecule has 3 aromatic rings. The van der Waals surface area contributed by atoms with Crippen molar-refractivity contribution in [1.29, 1.82) is 0 Å². The molecule has 2 aliphatic carbocycles. The number of esters is 1. The first-order valence-electron chi connectivity index (χ1n) is 12.9. The molecule has 36 heavy (non-hydrogen) atoms. The number of hydrogen-bond acceptors (Lipinski definition) is 5. The first-order valence-corrected chi connectivity index (χ1v) is 13.7. The van der Waals surface area contributed by atoms with Crippen LogP contribution >= 0.6 is 15.9 Å². The topological polar surface area (TPSA) is 78.2 Å². The van der Waals surface area contributed by atoms with Crippen LogP contribution in [0.25, 0.3) is 11.0 Å². The van der Waals surface area contributed by atoms with Gasteiger partial charge >= 0.3 is 5.97 Å². The van der Waals surface area contributed by atoms with Crippen LogP contribution < -0.4 is 10.9 Å². The quantitative estimate of drug-likeness (QED) is 0.364. The van der Waals surface area contributed by atoms with Crippen LogP contribution in [0.1, 0.15) is 82.4 Å². The minimum atomic E-state index is -0.480. The summed E-state index contributed by atoms with van der Waals surface area (Å²) in [6.45, 7) is 7.76. The van der Waals surface area contributed by atoms with Crippen molar-refractivity contribution in [2.45, 2.75) is 83.8 Å². The van der Waals surface area contributed by atoms with Gasteiger partial charge in [-0.2, -0.15) is 0 Å². The number of hydrogen-bond donors (Lipinski definition) is 1. The summed E-state index contributed by atoms with van der Waals surface area (Å²) in [5, 5.41) is 3.49. The van der Waals surface area contributed by atoms with Crippen molar-refractivity contribution in [2.24, 2.45) is 13.0 Å². The highest BCUT2D eigenvalue weighted by Crippen LogP contribution is 2.45. The molecule has 1 N–H and O–H groups in total. The number of rotatable bonds is 5. The number of halogens is 1. The van der Waals surface area contributed by atoms with Crippen molar-refractivity contribution < 1.29 is 9.53 Å². The second-order valence-electron chi connectivity index (χ2n) is 11.4. The lowest BCUT2D eigenvalue weighted by atomic mass is 9.86. The minimum absolute atomic E-state index is 0.0439. The molecule has 2 aliphatic rings. The van der Waals surface area contributed by atoms with Gasteiger partial charge in [-0.25, -0.2) is 9.67 Å². The van der Waals surface area contributed by atoms with E-state index in [4.69, 9.17) is 9.72 Å². The third kappa shape index (κ3) is 4.97. The molecule has 2 heterocycles. The molecule has 0 atom stereocenters. The average molecular weight is 556 g/mol. The molecule has 0 unspecified atom stereocenters. The van der Waals surface area contributed by atoms with E-state index in [2.05, 4.69) is 40.3 Å². The van der Waals surface area contributed by atoms with Gasteiger partial charge in [-0.3, -0.25) is 14.3 Å². The number of fused-ring (bicyclic) bond motifs is 1. The van der Waals surface area contributed by atoms with Crippen molar-refractivity contribution in [1.82, 2.24) is 14.3 Å². The van der Waals surface area contributed by atoms with Crippen LogP contribution in [-0.4, -0.2) is 25.9 Å². The minimum Gasteiger partial charge on any atom is -0.460 e. The smallest absolute Gasteiger partial charge is 0.309 e. The number of aryl methyl sites for hydroxylation is 2. The Hall–Kier alpha value is -2.61. The predicted octanol–water partition coefficient (Wildman–Crippen LogP) is 6.50. The number of carbonyl (C=O) groups excluding carboxylic acids is 1.